The number of carbonyl (C=O) groups excluding carboxylic acids is 2. The van der Waals surface area contributed by atoms with Gasteiger partial charge in [-0.15, -0.1) is 0 Å². The number of aromatic nitrogens is 1. The standard InChI is InChI=1S/C27H30N4O4/c1-19(32)30-14-15-31(24(18-30)22-6-4-5-7-25(22)34-2)27(33)21-8-9-26(35-3)23(16-21)29-17-20-10-12-28-13-11-20/h4-13,16,24,29H,14-15,17-18H2,1-3H3/t24-/m1/s1. The number of anilines is 1. The molecule has 0 spiro atoms. The number of hydrogen-bond donors (Lipinski definition) is 1. The maximum Gasteiger partial charge on any atom is 0.254 e. The maximum atomic E-state index is 13.8. The molecule has 1 aliphatic rings. The molecule has 1 atom stereocenters. The molecule has 0 aliphatic carbocycles. The van der Waals surface area contributed by atoms with Crippen LogP contribution in [0.4, 0.5) is 5.69 Å². The van der Waals surface area contributed by atoms with Crippen molar-refractivity contribution < 1.29 is 19.1 Å². The smallest absolute Gasteiger partial charge is 0.254 e. The Bertz CT molecular complexity index is 1180. The minimum absolute atomic E-state index is 0.0101. The SMILES string of the molecule is COc1ccc(C(=O)N2CCN(C(C)=O)C[C@@H]2c2ccccc2OC)cc1NCc1ccncc1. The molecule has 8 heteroatoms. The summed E-state index contributed by atoms with van der Waals surface area (Å²) in [5.41, 5.74) is 3.21. The Morgan fingerprint density at radius 3 is 2.46 bits per heavy atom. The Morgan fingerprint density at radius 2 is 1.74 bits per heavy atom. The van der Waals surface area contributed by atoms with E-state index < -0.39 is 0 Å². The first-order valence-corrected chi connectivity index (χ1v) is 11.5. The van der Waals surface area contributed by atoms with Gasteiger partial charge in [-0.3, -0.25) is 14.6 Å². The van der Waals surface area contributed by atoms with E-state index in [1.165, 1.54) is 0 Å². The zero-order valence-electron chi connectivity index (χ0n) is 20.2. The summed E-state index contributed by atoms with van der Waals surface area (Å²) in [7, 11) is 3.22. The van der Waals surface area contributed by atoms with E-state index in [0.717, 1.165) is 16.8 Å². The van der Waals surface area contributed by atoms with E-state index in [4.69, 9.17) is 9.47 Å². The van der Waals surface area contributed by atoms with Crippen molar-refractivity contribution in [2.45, 2.75) is 19.5 Å². The lowest BCUT2D eigenvalue weighted by Gasteiger charge is -2.41. The predicted molar refractivity (Wildman–Crippen MR) is 134 cm³/mol. The molecule has 182 valence electrons. The molecule has 0 unspecified atom stereocenters. The number of rotatable bonds is 7. The van der Waals surface area contributed by atoms with Crippen molar-refractivity contribution >= 4 is 17.5 Å². The van der Waals surface area contributed by atoms with Crippen molar-refractivity contribution in [3.05, 3.63) is 83.7 Å². The first-order valence-electron chi connectivity index (χ1n) is 11.5. The van der Waals surface area contributed by atoms with Crippen LogP contribution in [0.15, 0.2) is 67.0 Å². The van der Waals surface area contributed by atoms with E-state index >= 15 is 0 Å². The lowest BCUT2D eigenvalue weighted by molar-refractivity contribution is -0.131. The van der Waals surface area contributed by atoms with Crippen LogP contribution in [-0.4, -0.2) is 60.5 Å². The molecule has 4 rings (SSSR count). The molecular formula is C27H30N4O4. The van der Waals surface area contributed by atoms with Crippen molar-refractivity contribution in [1.82, 2.24) is 14.8 Å². The van der Waals surface area contributed by atoms with Gasteiger partial charge in [0.1, 0.15) is 11.5 Å². The van der Waals surface area contributed by atoms with Gasteiger partial charge < -0.3 is 24.6 Å². The summed E-state index contributed by atoms with van der Waals surface area (Å²) in [6, 6.07) is 16.6. The molecule has 2 aromatic carbocycles. The van der Waals surface area contributed by atoms with Gasteiger partial charge in [0.2, 0.25) is 5.91 Å². The van der Waals surface area contributed by atoms with E-state index in [1.54, 1.807) is 50.6 Å². The molecule has 8 nitrogen and oxygen atoms in total. The van der Waals surface area contributed by atoms with Crippen LogP contribution in [0.25, 0.3) is 0 Å². The van der Waals surface area contributed by atoms with Gasteiger partial charge in [0, 0.05) is 56.6 Å². The number of benzene rings is 2. The van der Waals surface area contributed by atoms with Gasteiger partial charge in [0.15, 0.2) is 0 Å². The number of methoxy groups -OCH3 is 2. The Kier molecular flexibility index (Phi) is 7.50. The number of carbonyl (C=O) groups is 2. The highest BCUT2D eigenvalue weighted by Crippen LogP contribution is 2.34. The minimum Gasteiger partial charge on any atom is -0.496 e. The van der Waals surface area contributed by atoms with Crippen LogP contribution < -0.4 is 14.8 Å². The third kappa shape index (κ3) is 5.37. The van der Waals surface area contributed by atoms with Crippen LogP contribution in [0.2, 0.25) is 0 Å². The summed E-state index contributed by atoms with van der Waals surface area (Å²) in [5, 5.41) is 3.37. The molecule has 0 bridgehead atoms. The number of nitrogens with one attached hydrogen (secondary N) is 1. The predicted octanol–water partition coefficient (Wildman–Crippen LogP) is 3.76. The van der Waals surface area contributed by atoms with Gasteiger partial charge in [-0.05, 0) is 42.0 Å². The summed E-state index contributed by atoms with van der Waals surface area (Å²) in [6.07, 6.45) is 3.49. The Balaban J connectivity index is 1.63. The largest absolute Gasteiger partial charge is 0.496 e. The van der Waals surface area contributed by atoms with Crippen LogP contribution in [0.1, 0.15) is 34.5 Å². The molecule has 1 aliphatic heterocycles. The summed E-state index contributed by atoms with van der Waals surface area (Å²) in [4.78, 5) is 33.6. The second-order valence-electron chi connectivity index (χ2n) is 8.35. The zero-order chi connectivity index (χ0) is 24.8. The Labute approximate surface area is 205 Å². The monoisotopic (exact) mass is 474 g/mol. The van der Waals surface area contributed by atoms with Crippen LogP contribution in [0.3, 0.4) is 0 Å². The number of pyridine rings is 1. The fourth-order valence-corrected chi connectivity index (χ4v) is 4.36. The molecule has 1 aromatic heterocycles. The molecule has 35 heavy (non-hydrogen) atoms. The number of hydrogen-bond acceptors (Lipinski definition) is 6. The van der Waals surface area contributed by atoms with E-state index in [-0.39, 0.29) is 17.9 Å². The maximum absolute atomic E-state index is 13.8. The normalized spacial score (nSPS) is 15.5. The number of para-hydroxylation sites is 1. The second kappa shape index (κ2) is 10.9. The van der Waals surface area contributed by atoms with Gasteiger partial charge in [0.25, 0.3) is 5.91 Å². The highest BCUT2D eigenvalue weighted by molar-refractivity contribution is 5.96. The van der Waals surface area contributed by atoms with Crippen molar-refractivity contribution in [1.29, 1.82) is 0 Å². The first-order chi connectivity index (χ1) is 17.0. The van der Waals surface area contributed by atoms with Crippen LogP contribution in [0, 0.1) is 0 Å². The van der Waals surface area contributed by atoms with E-state index in [0.29, 0.717) is 43.2 Å². The van der Waals surface area contributed by atoms with Crippen molar-refractivity contribution in [3.63, 3.8) is 0 Å². The lowest BCUT2D eigenvalue weighted by atomic mass is 9.99. The minimum atomic E-state index is -0.327. The molecule has 3 aromatic rings. The average molecular weight is 475 g/mol. The lowest BCUT2D eigenvalue weighted by Crippen LogP contribution is -2.52. The Hall–Kier alpha value is -4.07. The molecule has 1 saturated heterocycles. The highest BCUT2D eigenvalue weighted by atomic mass is 16.5. The number of nitrogens with zero attached hydrogens (tertiary/aromatic N) is 3. The van der Waals surface area contributed by atoms with Crippen molar-refractivity contribution in [3.8, 4) is 11.5 Å². The molecule has 2 heterocycles. The molecule has 0 saturated carbocycles. The highest BCUT2D eigenvalue weighted by Gasteiger charge is 2.34. The summed E-state index contributed by atoms with van der Waals surface area (Å²) < 4.78 is 11.1. The quantitative estimate of drug-likeness (QED) is 0.562. The first kappa shape index (κ1) is 24.1. The summed E-state index contributed by atoms with van der Waals surface area (Å²) in [5.74, 6) is 1.22. The van der Waals surface area contributed by atoms with Gasteiger partial charge in [-0.2, -0.15) is 0 Å². The van der Waals surface area contributed by atoms with E-state index in [9.17, 15) is 9.59 Å². The fraction of sp³-hybridized carbons (Fsp3) is 0.296. The third-order valence-corrected chi connectivity index (χ3v) is 6.26. The van der Waals surface area contributed by atoms with Crippen LogP contribution in [-0.2, 0) is 11.3 Å². The summed E-state index contributed by atoms with van der Waals surface area (Å²) in [6.45, 7) is 3.44. The van der Waals surface area contributed by atoms with Crippen LogP contribution in [0.5, 0.6) is 11.5 Å². The molecular weight excluding hydrogens is 444 g/mol. The van der Waals surface area contributed by atoms with Gasteiger partial charge >= 0.3 is 0 Å². The third-order valence-electron chi connectivity index (χ3n) is 6.26. The number of piperazine rings is 1. The molecule has 2 amide bonds. The average Bonchev–Trinajstić information content (AvgIpc) is 2.91. The van der Waals surface area contributed by atoms with Gasteiger partial charge in [-0.25, -0.2) is 0 Å². The van der Waals surface area contributed by atoms with Gasteiger partial charge in [-0.1, -0.05) is 18.2 Å². The van der Waals surface area contributed by atoms with Crippen molar-refractivity contribution in [2.75, 3.05) is 39.2 Å². The summed E-state index contributed by atoms with van der Waals surface area (Å²) >= 11 is 0. The molecule has 0 radical (unpaired) electrons. The molecule has 1 N–H and O–H groups in total. The Morgan fingerprint density at radius 1 is 1.00 bits per heavy atom. The fourth-order valence-electron chi connectivity index (χ4n) is 4.36. The zero-order valence-corrected chi connectivity index (χ0v) is 20.2. The van der Waals surface area contributed by atoms with Crippen molar-refractivity contribution in [2.24, 2.45) is 0 Å². The second-order valence-corrected chi connectivity index (χ2v) is 8.35. The van der Waals surface area contributed by atoms with E-state index in [1.807, 2.05) is 47.4 Å². The van der Waals surface area contributed by atoms with E-state index in [2.05, 4.69) is 10.3 Å². The van der Waals surface area contributed by atoms with Gasteiger partial charge in [0.05, 0.1) is 25.9 Å². The topological polar surface area (TPSA) is 84.0 Å². The molecule has 1 fully saturated rings. The number of ether oxygens (including phenoxy) is 2. The van der Waals surface area contributed by atoms with Crippen LogP contribution >= 0.6 is 0 Å². The number of amides is 2.